The average molecular weight is 388 g/mol. The molecule has 146 valence electrons. The summed E-state index contributed by atoms with van der Waals surface area (Å²) in [6, 6.07) is 7.12. The molecule has 1 fully saturated rings. The van der Waals surface area contributed by atoms with Crippen molar-refractivity contribution in [3.8, 4) is 0 Å². The van der Waals surface area contributed by atoms with E-state index in [0.717, 1.165) is 17.1 Å². The van der Waals surface area contributed by atoms with Gasteiger partial charge < -0.3 is 5.32 Å². The number of alkyl halides is 3. The smallest absolute Gasteiger partial charge is 0.349 e. The van der Waals surface area contributed by atoms with E-state index in [1.807, 2.05) is 6.92 Å². The Bertz CT molecular complexity index is 1050. The van der Waals surface area contributed by atoms with Crippen LogP contribution in [0.4, 0.5) is 13.2 Å². The van der Waals surface area contributed by atoms with Crippen molar-refractivity contribution in [1.29, 1.82) is 0 Å². The lowest BCUT2D eigenvalue weighted by Crippen LogP contribution is -2.43. The summed E-state index contributed by atoms with van der Waals surface area (Å²) in [6.07, 6.45) is -1.59. The fourth-order valence-electron chi connectivity index (χ4n) is 3.68. The Labute approximate surface area is 159 Å². The van der Waals surface area contributed by atoms with Crippen LogP contribution in [-0.2, 0) is 13.2 Å². The molecule has 1 N–H and O–H groups in total. The first-order valence-corrected chi connectivity index (χ1v) is 9.00. The van der Waals surface area contributed by atoms with Gasteiger partial charge in [-0.15, -0.1) is 0 Å². The third kappa shape index (κ3) is 3.34. The zero-order chi connectivity index (χ0) is 20.1. The number of amides is 1. The molecule has 0 atom stereocenters. The number of rotatable bonds is 3. The van der Waals surface area contributed by atoms with Gasteiger partial charge in [-0.25, -0.2) is 4.98 Å². The van der Waals surface area contributed by atoms with E-state index in [1.165, 1.54) is 18.3 Å². The number of carbonyl (C=O) groups is 1. The molecule has 2 aromatic heterocycles. The van der Waals surface area contributed by atoms with Crippen molar-refractivity contribution >= 4 is 16.9 Å². The van der Waals surface area contributed by atoms with Crippen LogP contribution in [0.5, 0.6) is 0 Å². The summed E-state index contributed by atoms with van der Waals surface area (Å²) in [5.74, 6) is -0.209. The van der Waals surface area contributed by atoms with Crippen molar-refractivity contribution in [2.75, 3.05) is 0 Å². The number of nitrogens with zero attached hydrogens (tertiary/aromatic N) is 3. The summed E-state index contributed by atoms with van der Waals surface area (Å²) in [5, 5.41) is 8.05. The summed E-state index contributed by atoms with van der Waals surface area (Å²) in [4.78, 5) is 16.8. The second-order valence-corrected chi connectivity index (χ2v) is 7.27. The van der Waals surface area contributed by atoms with E-state index in [1.54, 1.807) is 23.9 Å². The van der Waals surface area contributed by atoms with Gasteiger partial charge in [0, 0.05) is 24.7 Å². The summed E-state index contributed by atoms with van der Waals surface area (Å²) in [6.45, 7) is 1.86. The van der Waals surface area contributed by atoms with Gasteiger partial charge >= 0.3 is 6.18 Å². The second-order valence-electron chi connectivity index (χ2n) is 7.27. The van der Waals surface area contributed by atoms with Gasteiger partial charge in [0.05, 0.1) is 16.8 Å². The highest BCUT2D eigenvalue weighted by Gasteiger charge is 2.35. The molecule has 1 amide bonds. The number of aryl methyl sites for hydroxylation is 2. The van der Waals surface area contributed by atoms with Crippen LogP contribution in [-0.4, -0.2) is 26.7 Å². The second kappa shape index (κ2) is 6.61. The molecule has 8 heteroatoms. The zero-order valence-electron chi connectivity index (χ0n) is 15.4. The topological polar surface area (TPSA) is 59.8 Å². The van der Waals surface area contributed by atoms with Gasteiger partial charge in [0.15, 0.2) is 5.65 Å². The Morgan fingerprint density at radius 2 is 2.00 bits per heavy atom. The molecule has 0 spiro atoms. The van der Waals surface area contributed by atoms with Crippen LogP contribution in [0.1, 0.15) is 45.9 Å². The van der Waals surface area contributed by atoms with E-state index < -0.39 is 11.7 Å². The lowest BCUT2D eigenvalue weighted by atomic mass is 9.75. The molecule has 1 aliphatic rings. The molecule has 1 aliphatic carbocycles. The van der Waals surface area contributed by atoms with Gasteiger partial charge in [-0.05, 0) is 43.4 Å². The molecule has 0 unspecified atom stereocenters. The van der Waals surface area contributed by atoms with Gasteiger partial charge in [-0.2, -0.15) is 18.3 Å². The highest BCUT2D eigenvalue weighted by Crippen LogP contribution is 2.39. The molecule has 28 heavy (non-hydrogen) atoms. The highest BCUT2D eigenvalue weighted by molar-refractivity contribution is 5.97. The Morgan fingerprint density at radius 3 is 2.71 bits per heavy atom. The lowest BCUT2D eigenvalue weighted by Gasteiger charge is -2.36. The first-order chi connectivity index (χ1) is 13.2. The Kier molecular flexibility index (Phi) is 4.36. The quantitative estimate of drug-likeness (QED) is 0.739. The molecule has 0 radical (unpaired) electrons. The van der Waals surface area contributed by atoms with Gasteiger partial charge in [0.25, 0.3) is 5.91 Å². The van der Waals surface area contributed by atoms with E-state index in [9.17, 15) is 18.0 Å². The van der Waals surface area contributed by atoms with E-state index >= 15 is 0 Å². The minimum Gasteiger partial charge on any atom is -0.349 e. The predicted molar refractivity (Wildman–Crippen MR) is 97.9 cm³/mol. The molecule has 4 rings (SSSR count). The first-order valence-electron chi connectivity index (χ1n) is 9.00. The van der Waals surface area contributed by atoms with Crippen LogP contribution in [0.15, 0.2) is 36.5 Å². The molecule has 2 heterocycles. The SMILES string of the molecule is Cc1nn(C)c2ncc(C(=O)NC3CC(c4cccc(C(F)(F)F)c4)C3)cc12. The molecule has 1 saturated carbocycles. The fraction of sp³-hybridized carbons (Fsp3) is 0.350. The third-order valence-electron chi connectivity index (χ3n) is 5.28. The Hall–Kier alpha value is -2.90. The standard InChI is InChI=1S/C20H19F3N4O/c1-11-17-9-14(10-24-18(17)27(2)26-11)19(28)25-16-7-13(8-16)12-4-3-5-15(6-12)20(21,22)23/h3-6,9-10,13,16H,7-8H2,1-2H3,(H,25,28). The van der Waals surface area contributed by atoms with Crippen LogP contribution in [0.25, 0.3) is 11.0 Å². The van der Waals surface area contributed by atoms with E-state index in [-0.39, 0.29) is 17.9 Å². The van der Waals surface area contributed by atoms with Gasteiger partial charge in [0.1, 0.15) is 0 Å². The van der Waals surface area contributed by atoms with Crippen molar-refractivity contribution in [3.63, 3.8) is 0 Å². The van der Waals surface area contributed by atoms with Crippen molar-refractivity contribution in [2.24, 2.45) is 7.05 Å². The number of carbonyl (C=O) groups excluding carboxylic acids is 1. The van der Waals surface area contributed by atoms with E-state index in [2.05, 4.69) is 15.4 Å². The molecule has 3 aromatic rings. The van der Waals surface area contributed by atoms with Crippen LogP contribution in [0.3, 0.4) is 0 Å². The number of hydrogen-bond acceptors (Lipinski definition) is 3. The number of hydrogen-bond donors (Lipinski definition) is 1. The molecular weight excluding hydrogens is 369 g/mol. The fourth-order valence-corrected chi connectivity index (χ4v) is 3.68. The molecule has 5 nitrogen and oxygen atoms in total. The number of halogens is 3. The summed E-state index contributed by atoms with van der Waals surface area (Å²) in [5.41, 5.74) is 1.99. The molecule has 0 saturated heterocycles. The van der Waals surface area contributed by atoms with E-state index in [0.29, 0.717) is 29.6 Å². The molecule has 1 aromatic carbocycles. The van der Waals surface area contributed by atoms with Crippen LogP contribution in [0, 0.1) is 6.92 Å². The maximum absolute atomic E-state index is 12.9. The summed E-state index contributed by atoms with van der Waals surface area (Å²) < 4.78 is 40.2. The number of benzene rings is 1. The molecule has 0 aliphatic heterocycles. The maximum Gasteiger partial charge on any atom is 0.416 e. The third-order valence-corrected chi connectivity index (χ3v) is 5.28. The number of pyridine rings is 1. The van der Waals surface area contributed by atoms with Crippen molar-refractivity contribution < 1.29 is 18.0 Å². The summed E-state index contributed by atoms with van der Waals surface area (Å²) in [7, 11) is 1.80. The van der Waals surface area contributed by atoms with E-state index in [4.69, 9.17) is 0 Å². The largest absolute Gasteiger partial charge is 0.416 e. The van der Waals surface area contributed by atoms with Crippen LogP contribution in [0.2, 0.25) is 0 Å². The first kappa shape index (κ1) is 18.5. The monoisotopic (exact) mass is 388 g/mol. The van der Waals surface area contributed by atoms with Gasteiger partial charge in [0.2, 0.25) is 0 Å². The number of nitrogens with one attached hydrogen (secondary N) is 1. The van der Waals surface area contributed by atoms with Gasteiger partial charge in [-0.1, -0.05) is 18.2 Å². The predicted octanol–water partition coefficient (Wildman–Crippen LogP) is 3.97. The van der Waals surface area contributed by atoms with Crippen LogP contribution < -0.4 is 5.32 Å². The van der Waals surface area contributed by atoms with Crippen molar-refractivity contribution in [3.05, 3.63) is 58.9 Å². The summed E-state index contributed by atoms with van der Waals surface area (Å²) >= 11 is 0. The Balaban J connectivity index is 1.41. The van der Waals surface area contributed by atoms with Crippen LogP contribution >= 0.6 is 0 Å². The van der Waals surface area contributed by atoms with Gasteiger partial charge in [-0.3, -0.25) is 9.48 Å². The normalized spacial score (nSPS) is 19.5. The zero-order valence-corrected chi connectivity index (χ0v) is 15.4. The molecule has 0 bridgehead atoms. The minimum absolute atomic E-state index is 0.0220. The van der Waals surface area contributed by atoms with Crippen molar-refractivity contribution in [1.82, 2.24) is 20.1 Å². The minimum atomic E-state index is -4.34. The highest BCUT2D eigenvalue weighted by atomic mass is 19.4. The average Bonchev–Trinajstić information content (AvgIpc) is 2.90. The number of aromatic nitrogens is 3. The lowest BCUT2D eigenvalue weighted by molar-refractivity contribution is -0.137. The van der Waals surface area contributed by atoms with Crippen molar-refractivity contribution in [2.45, 2.75) is 37.9 Å². The molecular formula is C20H19F3N4O. The maximum atomic E-state index is 12.9. The number of fused-ring (bicyclic) bond motifs is 1. The Morgan fingerprint density at radius 1 is 1.25 bits per heavy atom.